The highest BCUT2D eigenvalue weighted by molar-refractivity contribution is 7.89. The van der Waals surface area contributed by atoms with Crippen molar-refractivity contribution < 1.29 is 18.0 Å². The predicted octanol–water partition coefficient (Wildman–Crippen LogP) is -1.20. The molecule has 1 aromatic heterocycles. The fourth-order valence-electron chi connectivity index (χ4n) is 1.67. The van der Waals surface area contributed by atoms with Crippen molar-refractivity contribution in [1.29, 1.82) is 0 Å². The fraction of sp³-hybridized carbons (Fsp3) is 0.444. The Morgan fingerprint density at radius 2 is 2.17 bits per heavy atom. The molecule has 1 aromatic rings. The third-order valence-corrected chi connectivity index (χ3v) is 4.20. The van der Waals surface area contributed by atoms with E-state index in [1.54, 1.807) is 6.92 Å². The number of nitrogens with zero attached hydrogens (tertiary/aromatic N) is 1. The summed E-state index contributed by atoms with van der Waals surface area (Å²) in [4.78, 5) is 22.4. The number of piperidine rings is 1. The van der Waals surface area contributed by atoms with Gasteiger partial charge in [-0.15, -0.1) is 0 Å². The molecule has 3 N–H and O–H groups in total. The fourth-order valence-corrected chi connectivity index (χ4v) is 3.03. The molecule has 0 saturated carbocycles. The SMILES string of the molecule is Cc1[nH]ncc1S(=O)(=O)NC1CCC(=O)NC1=O. The topological polar surface area (TPSA) is 121 Å². The van der Waals surface area contributed by atoms with E-state index in [0.29, 0.717) is 5.69 Å². The smallest absolute Gasteiger partial charge is 0.244 e. The second-order valence-corrected chi connectivity index (χ2v) is 5.67. The van der Waals surface area contributed by atoms with Crippen LogP contribution in [-0.4, -0.2) is 36.5 Å². The average Bonchev–Trinajstić information content (AvgIpc) is 2.69. The van der Waals surface area contributed by atoms with Crippen LogP contribution < -0.4 is 10.0 Å². The molecule has 1 unspecified atom stereocenters. The number of nitrogens with one attached hydrogen (secondary N) is 3. The summed E-state index contributed by atoms with van der Waals surface area (Å²) in [5, 5.41) is 8.20. The number of sulfonamides is 1. The van der Waals surface area contributed by atoms with Gasteiger partial charge in [-0.05, 0) is 13.3 Å². The number of hydrogen-bond acceptors (Lipinski definition) is 5. The molecule has 0 radical (unpaired) electrons. The number of H-pyrrole nitrogens is 1. The summed E-state index contributed by atoms with van der Waals surface area (Å²) in [6, 6.07) is -0.929. The molecular formula is C9H12N4O4S. The van der Waals surface area contributed by atoms with Crippen molar-refractivity contribution in [2.75, 3.05) is 0 Å². The second-order valence-electron chi connectivity index (χ2n) is 3.98. The second kappa shape index (κ2) is 4.50. The number of carbonyl (C=O) groups is 2. The highest BCUT2D eigenvalue weighted by atomic mass is 32.2. The monoisotopic (exact) mass is 272 g/mol. The lowest BCUT2D eigenvalue weighted by Crippen LogP contribution is -2.52. The summed E-state index contributed by atoms with van der Waals surface area (Å²) in [5.41, 5.74) is 0.384. The minimum atomic E-state index is -3.81. The van der Waals surface area contributed by atoms with E-state index in [1.807, 2.05) is 0 Å². The standard InChI is InChI=1S/C9H12N4O4S/c1-5-7(4-10-12-5)18(16,17)13-6-2-3-8(14)11-9(6)15/h4,6,13H,2-3H2,1H3,(H,10,12)(H,11,14,15). The number of aryl methyl sites for hydroxylation is 1. The lowest BCUT2D eigenvalue weighted by atomic mass is 10.1. The molecule has 2 amide bonds. The maximum atomic E-state index is 12.0. The largest absolute Gasteiger partial charge is 0.295 e. The van der Waals surface area contributed by atoms with E-state index >= 15 is 0 Å². The van der Waals surface area contributed by atoms with E-state index in [-0.39, 0.29) is 17.7 Å². The molecule has 1 aliphatic heterocycles. The molecule has 1 saturated heterocycles. The third-order valence-electron chi connectivity index (χ3n) is 2.61. The first-order valence-electron chi connectivity index (χ1n) is 5.26. The molecule has 9 heteroatoms. The number of hydrogen-bond donors (Lipinski definition) is 3. The molecule has 0 bridgehead atoms. The number of amides is 2. The van der Waals surface area contributed by atoms with Crippen LogP contribution in [0.3, 0.4) is 0 Å². The van der Waals surface area contributed by atoms with Gasteiger partial charge in [0.15, 0.2) is 0 Å². The van der Waals surface area contributed by atoms with Crippen molar-refractivity contribution in [3.05, 3.63) is 11.9 Å². The van der Waals surface area contributed by atoms with Crippen LogP contribution in [0, 0.1) is 6.92 Å². The first-order chi connectivity index (χ1) is 8.40. The Kier molecular flexibility index (Phi) is 3.18. The van der Waals surface area contributed by atoms with E-state index in [0.717, 1.165) is 0 Å². The summed E-state index contributed by atoms with van der Waals surface area (Å²) in [5.74, 6) is -1.02. The van der Waals surface area contributed by atoms with Crippen molar-refractivity contribution in [3.63, 3.8) is 0 Å². The van der Waals surface area contributed by atoms with Crippen molar-refractivity contribution in [2.45, 2.75) is 30.7 Å². The van der Waals surface area contributed by atoms with Crippen LogP contribution in [0.5, 0.6) is 0 Å². The maximum absolute atomic E-state index is 12.0. The van der Waals surface area contributed by atoms with Crippen molar-refractivity contribution in [3.8, 4) is 0 Å². The predicted molar refractivity (Wildman–Crippen MR) is 59.8 cm³/mol. The van der Waals surface area contributed by atoms with Gasteiger partial charge in [0.2, 0.25) is 21.8 Å². The van der Waals surface area contributed by atoms with Gasteiger partial charge in [0, 0.05) is 6.42 Å². The van der Waals surface area contributed by atoms with Crippen LogP contribution in [0.15, 0.2) is 11.1 Å². The number of imide groups is 1. The molecule has 1 aliphatic rings. The Hall–Kier alpha value is -1.74. The Bertz CT molecular complexity index is 591. The first kappa shape index (κ1) is 12.7. The van der Waals surface area contributed by atoms with Crippen LogP contribution in [0.25, 0.3) is 0 Å². The Morgan fingerprint density at radius 1 is 1.44 bits per heavy atom. The number of aromatic nitrogens is 2. The Morgan fingerprint density at radius 3 is 2.72 bits per heavy atom. The maximum Gasteiger partial charge on any atom is 0.244 e. The van der Waals surface area contributed by atoms with Crippen LogP contribution in [0.2, 0.25) is 0 Å². The average molecular weight is 272 g/mol. The molecule has 0 aliphatic carbocycles. The molecule has 8 nitrogen and oxygen atoms in total. The summed E-state index contributed by atoms with van der Waals surface area (Å²) in [6.07, 6.45) is 1.44. The van der Waals surface area contributed by atoms with Crippen LogP contribution >= 0.6 is 0 Å². The van der Waals surface area contributed by atoms with E-state index in [1.165, 1.54) is 6.20 Å². The molecule has 98 valence electrons. The van der Waals surface area contributed by atoms with E-state index in [2.05, 4.69) is 20.2 Å². The first-order valence-corrected chi connectivity index (χ1v) is 6.74. The summed E-state index contributed by atoms with van der Waals surface area (Å²) >= 11 is 0. The van der Waals surface area contributed by atoms with Crippen molar-refractivity contribution >= 4 is 21.8 Å². The Balaban J connectivity index is 2.17. The normalized spacial score (nSPS) is 20.8. The minimum Gasteiger partial charge on any atom is -0.295 e. The van der Waals surface area contributed by atoms with Gasteiger partial charge in [-0.1, -0.05) is 0 Å². The van der Waals surface area contributed by atoms with Crippen molar-refractivity contribution in [2.24, 2.45) is 0 Å². The van der Waals surface area contributed by atoms with Gasteiger partial charge in [-0.2, -0.15) is 9.82 Å². The summed E-state index contributed by atoms with van der Waals surface area (Å²) in [7, 11) is -3.81. The van der Waals surface area contributed by atoms with Gasteiger partial charge < -0.3 is 0 Å². The quantitative estimate of drug-likeness (QED) is 0.597. The van der Waals surface area contributed by atoms with E-state index in [9.17, 15) is 18.0 Å². The third kappa shape index (κ3) is 2.41. The molecule has 2 rings (SSSR count). The molecule has 1 fully saturated rings. The number of carbonyl (C=O) groups excluding carboxylic acids is 2. The van der Waals surface area contributed by atoms with E-state index < -0.39 is 27.9 Å². The summed E-state index contributed by atoms with van der Waals surface area (Å²) in [6.45, 7) is 1.56. The van der Waals surface area contributed by atoms with Gasteiger partial charge in [-0.25, -0.2) is 8.42 Å². The van der Waals surface area contributed by atoms with Gasteiger partial charge in [0.05, 0.1) is 11.9 Å². The Labute approximate surface area is 103 Å². The molecule has 18 heavy (non-hydrogen) atoms. The zero-order valence-electron chi connectivity index (χ0n) is 9.56. The zero-order valence-corrected chi connectivity index (χ0v) is 10.4. The van der Waals surface area contributed by atoms with Crippen LogP contribution in [0.4, 0.5) is 0 Å². The highest BCUT2D eigenvalue weighted by Crippen LogP contribution is 2.13. The van der Waals surface area contributed by atoms with Gasteiger partial charge >= 0.3 is 0 Å². The molecular weight excluding hydrogens is 260 g/mol. The molecule has 0 aromatic carbocycles. The molecule has 0 spiro atoms. The number of rotatable bonds is 3. The lowest BCUT2D eigenvalue weighted by Gasteiger charge is -2.21. The van der Waals surface area contributed by atoms with Gasteiger partial charge in [0.1, 0.15) is 10.9 Å². The van der Waals surface area contributed by atoms with Crippen LogP contribution in [0.1, 0.15) is 18.5 Å². The van der Waals surface area contributed by atoms with Crippen LogP contribution in [-0.2, 0) is 19.6 Å². The number of aromatic amines is 1. The summed E-state index contributed by atoms with van der Waals surface area (Å²) < 4.78 is 26.2. The van der Waals surface area contributed by atoms with Crippen molar-refractivity contribution in [1.82, 2.24) is 20.2 Å². The highest BCUT2D eigenvalue weighted by Gasteiger charge is 2.31. The molecule has 2 heterocycles. The van der Waals surface area contributed by atoms with Gasteiger partial charge in [0.25, 0.3) is 0 Å². The van der Waals surface area contributed by atoms with Gasteiger partial charge in [-0.3, -0.25) is 20.0 Å². The minimum absolute atomic E-state index is 0.00722. The lowest BCUT2D eigenvalue weighted by molar-refractivity contribution is -0.134. The van der Waals surface area contributed by atoms with E-state index in [4.69, 9.17) is 0 Å². The zero-order chi connectivity index (χ0) is 13.3. The molecule has 1 atom stereocenters.